The van der Waals surface area contributed by atoms with E-state index in [1.807, 2.05) is 20.8 Å². The number of nitrogens with one attached hydrogen (secondary N) is 1. The molecule has 0 atom stereocenters. The second-order valence-electron chi connectivity index (χ2n) is 5.39. The van der Waals surface area contributed by atoms with Gasteiger partial charge in [-0.15, -0.1) is 0 Å². The van der Waals surface area contributed by atoms with E-state index >= 15 is 0 Å². The lowest BCUT2D eigenvalue weighted by molar-refractivity contribution is 0.397. The lowest BCUT2D eigenvalue weighted by Gasteiger charge is -2.18. The highest BCUT2D eigenvalue weighted by atomic mass is 79.9. The van der Waals surface area contributed by atoms with Crippen LogP contribution < -0.4 is 4.72 Å². The van der Waals surface area contributed by atoms with Gasteiger partial charge >= 0.3 is 0 Å². The van der Waals surface area contributed by atoms with E-state index in [-0.39, 0.29) is 22.6 Å². The maximum atomic E-state index is 11.9. The van der Waals surface area contributed by atoms with Crippen molar-refractivity contribution in [3.63, 3.8) is 0 Å². The van der Waals surface area contributed by atoms with Crippen LogP contribution in [-0.4, -0.2) is 19.3 Å². The molecule has 0 saturated heterocycles. The molecule has 0 aliphatic carbocycles. The van der Waals surface area contributed by atoms with E-state index in [0.717, 1.165) is 0 Å². The number of hydrogen-bond donors (Lipinski definition) is 2. The minimum absolute atomic E-state index is 0.0302. The maximum absolute atomic E-state index is 11.9. The summed E-state index contributed by atoms with van der Waals surface area (Å²) in [7, 11) is -3.44. The number of hydrogen-bond acceptors (Lipinski definition) is 3. The molecule has 0 saturated carbocycles. The third-order valence-corrected chi connectivity index (χ3v) is 4.11. The average molecular weight is 336 g/mol. The van der Waals surface area contributed by atoms with E-state index in [2.05, 4.69) is 20.7 Å². The fourth-order valence-electron chi connectivity index (χ4n) is 1.25. The Hall–Kier alpha value is -0.750. The summed E-state index contributed by atoms with van der Waals surface area (Å²) in [5.41, 5.74) is 0.145. The third-order valence-electron chi connectivity index (χ3n) is 2.34. The van der Waals surface area contributed by atoms with Crippen LogP contribution in [0.2, 0.25) is 0 Å². The SMILES string of the molecule is CC(C)(C)CCS(=O)(=O)Nc1cc(Br)ccc1O. The quantitative estimate of drug-likeness (QED) is 0.829. The lowest BCUT2D eigenvalue weighted by Crippen LogP contribution is -2.20. The Labute approximate surface area is 117 Å². The van der Waals surface area contributed by atoms with E-state index in [0.29, 0.717) is 10.9 Å². The van der Waals surface area contributed by atoms with Gasteiger partial charge in [0.25, 0.3) is 0 Å². The van der Waals surface area contributed by atoms with E-state index in [1.165, 1.54) is 12.1 Å². The highest BCUT2D eigenvalue weighted by Crippen LogP contribution is 2.28. The summed E-state index contributed by atoms with van der Waals surface area (Å²) in [4.78, 5) is 0. The Balaban J connectivity index is 2.80. The maximum Gasteiger partial charge on any atom is 0.232 e. The molecule has 0 aliphatic rings. The minimum Gasteiger partial charge on any atom is -0.506 e. The van der Waals surface area contributed by atoms with Crippen molar-refractivity contribution in [1.29, 1.82) is 0 Å². The molecule has 2 N–H and O–H groups in total. The molecular formula is C12H18BrNO3S. The van der Waals surface area contributed by atoms with Gasteiger partial charge in [0.05, 0.1) is 11.4 Å². The Morgan fingerprint density at radius 1 is 1.33 bits per heavy atom. The molecule has 6 heteroatoms. The monoisotopic (exact) mass is 335 g/mol. The van der Waals surface area contributed by atoms with Gasteiger partial charge in [-0.05, 0) is 30.0 Å². The van der Waals surface area contributed by atoms with E-state index in [1.54, 1.807) is 6.07 Å². The summed E-state index contributed by atoms with van der Waals surface area (Å²) >= 11 is 3.23. The van der Waals surface area contributed by atoms with Crippen LogP contribution >= 0.6 is 15.9 Å². The Bertz CT molecular complexity index is 521. The first-order valence-electron chi connectivity index (χ1n) is 5.58. The van der Waals surface area contributed by atoms with Crippen LogP contribution in [0.25, 0.3) is 0 Å². The van der Waals surface area contributed by atoms with Gasteiger partial charge in [-0.25, -0.2) is 8.42 Å². The van der Waals surface area contributed by atoms with Crippen LogP contribution in [0, 0.1) is 5.41 Å². The molecule has 0 aliphatic heterocycles. The van der Waals surface area contributed by atoms with Gasteiger partial charge in [0.15, 0.2) is 0 Å². The average Bonchev–Trinajstić information content (AvgIpc) is 2.20. The third kappa shape index (κ3) is 5.27. The van der Waals surface area contributed by atoms with Gasteiger partial charge in [-0.2, -0.15) is 0 Å². The summed E-state index contributed by atoms with van der Waals surface area (Å²) in [5.74, 6) is -0.0554. The highest BCUT2D eigenvalue weighted by Gasteiger charge is 2.18. The molecule has 102 valence electrons. The smallest absolute Gasteiger partial charge is 0.232 e. The minimum atomic E-state index is -3.44. The number of phenolic OH excluding ortho intramolecular Hbond substituents is 1. The van der Waals surface area contributed by atoms with Crippen molar-refractivity contribution in [2.75, 3.05) is 10.5 Å². The van der Waals surface area contributed by atoms with Crippen LogP contribution in [-0.2, 0) is 10.0 Å². The molecule has 0 bridgehead atoms. The number of phenols is 1. The van der Waals surface area contributed by atoms with Gasteiger partial charge in [-0.3, -0.25) is 4.72 Å². The molecule has 4 nitrogen and oxygen atoms in total. The second-order valence-corrected chi connectivity index (χ2v) is 8.15. The zero-order valence-electron chi connectivity index (χ0n) is 10.7. The van der Waals surface area contributed by atoms with Crippen LogP contribution in [0.1, 0.15) is 27.2 Å². The Morgan fingerprint density at radius 2 is 1.94 bits per heavy atom. The fraction of sp³-hybridized carbons (Fsp3) is 0.500. The molecule has 0 fully saturated rings. The second kappa shape index (κ2) is 5.48. The zero-order chi connectivity index (χ0) is 14.0. The first-order valence-corrected chi connectivity index (χ1v) is 8.03. The topological polar surface area (TPSA) is 66.4 Å². The number of rotatable bonds is 4. The predicted molar refractivity (Wildman–Crippen MR) is 77.3 cm³/mol. The number of halogens is 1. The number of anilines is 1. The standard InChI is InChI=1S/C12H18BrNO3S/c1-12(2,3)6-7-18(16,17)14-10-8-9(13)4-5-11(10)15/h4-5,8,14-15H,6-7H2,1-3H3. The molecule has 0 radical (unpaired) electrons. The summed E-state index contributed by atoms with van der Waals surface area (Å²) in [6, 6.07) is 4.61. The van der Waals surface area contributed by atoms with E-state index < -0.39 is 10.0 Å². The van der Waals surface area contributed by atoms with Gasteiger partial charge < -0.3 is 5.11 Å². The van der Waals surface area contributed by atoms with Crippen LogP contribution in [0.4, 0.5) is 5.69 Å². The molecular weight excluding hydrogens is 318 g/mol. The van der Waals surface area contributed by atoms with Gasteiger partial charge in [-0.1, -0.05) is 36.7 Å². The first-order chi connectivity index (χ1) is 8.09. The molecule has 0 unspecified atom stereocenters. The van der Waals surface area contributed by atoms with Crippen LogP contribution in [0.15, 0.2) is 22.7 Å². The van der Waals surface area contributed by atoms with Crippen LogP contribution in [0.3, 0.4) is 0 Å². The van der Waals surface area contributed by atoms with Crippen molar-refractivity contribution in [3.05, 3.63) is 22.7 Å². The molecule has 18 heavy (non-hydrogen) atoms. The molecule has 1 rings (SSSR count). The van der Waals surface area contributed by atoms with Gasteiger partial charge in [0.1, 0.15) is 5.75 Å². The largest absolute Gasteiger partial charge is 0.506 e. The van der Waals surface area contributed by atoms with E-state index in [4.69, 9.17) is 0 Å². The molecule has 0 amide bonds. The van der Waals surface area contributed by atoms with Crippen molar-refractivity contribution in [2.45, 2.75) is 27.2 Å². The molecule has 0 spiro atoms. The van der Waals surface area contributed by atoms with Gasteiger partial charge in [0, 0.05) is 4.47 Å². The van der Waals surface area contributed by atoms with Crippen molar-refractivity contribution >= 4 is 31.6 Å². The fourth-order valence-corrected chi connectivity index (χ4v) is 3.09. The lowest BCUT2D eigenvalue weighted by atomic mass is 9.94. The normalized spacial score (nSPS) is 12.4. The van der Waals surface area contributed by atoms with Crippen molar-refractivity contribution in [1.82, 2.24) is 0 Å². The van der Waals surface area contributed by atoms with Crippen molar-refractivity contribution in [3.8, 4) is 5.75 Å². The summed E-state index contributed by atoms with van der Waals surface area (Å²) < 4.78 is 26.8. The van der Waals surface area contributed by atoms with Crippen molar-refractivity contribution in [2.24, 2.45) is 5.41 Å². The molecule has 0 aromatic heterocycles. The Kier molecular flexibility index (Phi) is 4.66. The molecule has 1 aromatic rings. The van der Waals surface area contributed by atoms with Crippen molar-refractivity contribution < 1.29 is 13.5 Å². The Morgan fingerprint density at radius 3 is 2.50 bits per heavy atom. The number of benzene rings is 1. The number of sulfonamides is 1. The first kappa shape index (κ1) is 15.3. The zero-order valence-corrected chi connectivity index (χ0v) is 13.1. The van der Waals surface area contributed by atoms with E-state index in [9.17, 15) is 13.5 Å². The molecule has 0 heterocycles. The number of aromatic hydroxyl groups is 1. The van der Waals surface area contributed by atoms with Gasteiger partial charge in [0.2, 0.25) is 10.0 Å². The van der Waals surface area contributed by atoms with Crippen LogP contribution in [0.5, 0.6) is 5.75 Å². The summed E-state index contributed by atoms with van der Waals surface area (Å²) in [6.07, 6.45) is 0.553. The highest BCUT2D eigenvalue weighted by molar-refractivity contribution is 9.10. The summed E-state index contributed by atoms with van der Waals surface area (Å²) in [6.45, 7) is 5.96. The summed E-state index contributed by atoms with van der Waals surface area (Å²) in [5, 5.41) is 9.58. The predicted octanol–water partition coefficient (Wildman–Crippen LogP) is 3.33. The molecule has 1 aromatic carbocycles.